The summed E-state index contributed by atoms with van der Waals surface area (Å²) in [6, 6.07) is 0. The van der Waals surface area contributed by atoms with E-state index in [9.17, 15) is 13.2 Å². The minimum absolute atomic E-state index is 0.0417. The molecule has 7 heteroatoms. The van der Waals surface area contributed by atoms with Crippen LogP contribution in [-0.4, -0.2) is 47.0 Å². The van der Waals surface area contributed by atoms with Crippen molar-refractivity contribution < 1.29 is 22.7 Å². The fourth-order valence-corrected chi connectivity index (χ4v) is 1.75. The fourth-order valence-electron chi connectivity index (χ4n) is 0.807. The molecule has 0 amide bonds. The van der Waals surface area contributed by atoms with E-state index in [1.54, 1.807) is 6.92 Å². The third kappa shape index (κ3) is 8.34. The summed E-state index contributed by atoms with van der Waals surface area (Å²) in [6.07, 6.45) is 0.0417. The maximum Gasteiger partial charge on any atom is 0.307 e. The lowest BCUT2D eigenvalue weighted by Crippen LogP contribution is -2.30. The molecule has 0 radical (unpaired) electrons. The number of hydrogen-bond acceptors (Lipinski definition) is 5. The molecule has 0 fully saturated rings. The Balaban J connectivity index is 3.70. The van der Waals surface area contributed by atoms with Gasteiger partial charge in [-0.2, -0.15) is 0 Å². The van der Waals surface area contributed by atoms with Gasteiger partial charge >= 0.3 is 5.97 Å². The molecule has 0 saturated heterocycles. The monoisotopic (exact) mass is 239 g/mol. The number of ether oxygens (including phenoxy) is 2. The van der Waals surface area contributed by atoms with Crippen molar-refractivity contribution in [1.82, 2.24) is 4.72 Å². The van der Waals surface area contributed by atoms with Crippen molar-refractivity contribution in [2.45, 2.75) is 13.3 Å². The van der Waals surface area contributed by atoms with Gasteiger partial charge in [0.2, 0.25) is 10.0 Å². The molecule has 0 aromatic rings. The highest BCUT2D eigenvalue weighted by molar-refractivity contribution is 7.89. The predicted molar refractivity (Wildman–Crippen MR) is 54.9 cm³/mol. The molecule has 0 heterocycles. The van der Waals surface area contributed by atoms with Gasteiger partial charge < -0.3 is 9.47 Å². The molecule has 0 rings (SSSR count). The quantitative estimate of drug-likeness (QED) is 0.578. The van der Waals surface area contributed by atoms with Crippen LogP contribution in [0, 0.1) is 0 Å². The zero-order valence-corrected chi connectivity index (χ0v) is 9.80. The average molecular weight is 239 g/mol. The molecular weight excluding hydrogens is 222 g/mol. The number of nitrogens with one attached hydrogen (secondary N) is 1. The second-order valence-electron chi connectivity index (χ2n) is 2.76. The highest BCUT2D eigenvalue weighted by atomic mass is 32.2. The van der Waals surface area contributed by atoms with Crippen molar-refractivity contribution in [3.8, 4) is 0 Å². The molecule has 6 nitrogen and oxygen atoms in total. The van der Waals surface area contributed by atoms with Gasteiger partial charge in [-0.1, -0.05) is 0 Å². The second-order valence-corrected chi connectivity index (χ2v) is 4.69. The molecule has 0 unspecified atom stereocenters. The van der Waals surface area contributed by atoms with Gasteiger partial charge in [-0.15, -0.1) is 0 Å². The first-order chi connectivity index (χ1) is 7.02. The van der Waals surface area contributed by atoms with Gasteiger partial charge in [-0.05, 0) is 6.92 Å². The number of rotatable bonds is 8. The van der Waals surface area contributed by atoms with Gasteiger partial charge in [-0.3, -0.25) is 4.79 Å². The summed E-state index contributed by atoms with van der Waals surface area (Å²) in [6.45, 7) is 2.19. The summed E-state index contributed by atoms with van der Waals surface area (Å²) in [5.74, 6) is -0.515. The number of carbonyl (C=O) groups excluding carboxylic acids is 1. The number of sulfonamides is 1. The zero-order valence-electron chi connectivity index (χ0n) is 8.99. The lowest BCUT2D eigenvalue weighted by molar-refractivity contribution is -0.142. The van der Waals surface area contributed by atoms with Gasteiger partial charge in [0.1, 0.15) is 0 Å². The van der Waals surface area contributed by atoms with Crippen molar-refractivity contribution in [2.75, 3.05) is 32.6 Å². The van der Waals surface area contributed by atoms with Crippen LogP contribution in [0.15, 0.2) is 0 Å². The number of esters is 1. The van der Waals surface area contributed by atoms with Crippen LogP contribution >= 0.6 is 0 Å². The first-order valence-corrected chi connectivity index (χ1v) is 6.29. The summed E-state index contributed by atoms with van der Waals surface area (Å²) >= 11 is 0. The first kappa shape index (κ1) is 14.3. The highest BCUT2D eigenvalue weighted by Crippen LogP contribution is 1.88. The van der Waals surface area contributed by atoms with Crippen LogP contribution in [-0.2, 0) is 24.3 Å². The molecular formula is C8H17NO5S. The van der Waals surface area contributed by atoms with Crippen molar-refractivity contribution in [2.24, 2.45) is 0 Å². The van der Waals surface area contributed by atoms with Crippen LogP contribution < -0.4 is 4.72 Å². The van der Waals surface area contributed by atoms with Gasteiger partial charge in [0.15, 0.2) is 0 Å². The van der Waals surface area contributed by atoms with E-state index in [0.29, 0.717) is 6.61 Å². The Morgan fingerprint density at radius 2 is 2.07 bits per heavy atom. The van der Waals surface area contributed by atoms with E-state index in [0.717, 1.165) is 0 Å². The van der Waals surface area contributed by atoms with E-state index >= 15 is 0 Å². The summed E-state index contributed by atoms with van der Waals surface area (Å²) in [7, 11) is -1.91. The third-order valence-corrected chi connectivity index (χ3v) is 2.86. The molecule has 0 aliphatic rings. The largest absolute Gasteiger partial charge is 0.466 e. The molecule has 90 valence electrons. The van der Waals surface area contributed by atoms with E-state index in [4.69, 9.17) is 0 Å². The van der Waals surface area contributed by atoms with E-state index in [-0.39, 0.29) is 25.3 Å². The standard InChI is InChI=1S/C8H17NO5S/c1-3-14-8(10)4-5-9-15(11,12)7-6-13-2/h9H,3-7H2,1-2H3. The van der Waals surface area contributed by atoms with Gasteiger partial charge in [0.05, 0.1) is 25.4 Å². The van der Waals surface area contributed by atoms with Crippen molar-refractivity contribution in [3.05, 3.63) is 0 Å². The van der Waals surface area contributed by atoms with Crippen molar-refractivity contribution >= 4 is 16.0 Å². The Labute approximate surface area is 90.0 Å². The Kier molecular flexibility index (Phi) is 7.27. The number of carbonyl (C=O) groups is 1. The molecule has 0 aromatic heterocycles. The van der Waals surface area contributed by atoms with Crippen LogP contribution in [0.2, 0.25) is 0 Å². The topological polar surface area (TPSA) is 81.7 Å². The number of methoxy groups -OCH3 is 1. The average Bonchev–Trinajstić information content (AvgIpc) is 2.15. The van der Waals surface area contributed by atoms with E-state index < -0.39 is 16.0 Å². The van der Waals surface area contributed by atoms with E-state index in [1.165, 1.54) is 7.11 Å². The number of hydrogen-bond donors (Lipinski definition) is 1. The second kappa shape index (κ2) is 7.61. The Morgan fingerprint density at radius 1 is 1.40 bits per heavy atom. The molecule has 0 aromatic carbocycles. The lowest BCUT2D eigenvalue weighted by atomic mass is 10.4. The molecule has 0 bridgehead atoms. The van der Waals surface area contributed by atoms with Crippen LogP contribution in [0.1, 0.15) is 13.3 Å². The zero-order chi connectivity index (χ0) is 11.7. The van der Waals surface area contributed by atoms with Crippen molar-refractivity contribution in [3.63, 3.8) is 0 Å². The Hall–Kier alpha value is -0.660. The molecule has 0 spiro atoms. The van der Waals surface area contributed by atoms with E-state index in [2.05, 4.69) is 14.2 Å². The molecule has 0 atom stereocenters. The highest BCUT2D eigenvalue weighted by Gasteiger charge is 2.10. The first-order valence-electron chi connectivity index (χ1n) is 4.63. The summed E-state index contributed by atoms with van der Waals surface area (Å²) < 4.78 is 33.9. The van der Waals surface area contributed by atoms with Gasteiger partial charge in [0.25, 0.3) is 0 Å². The normalized spacial score (nSPS) is 11.3. The summed E-state index contributed by atoms with van der Waals surface area (Å²) in [5, 5.41) is 0. The minimum Gasteiger partial charge on any atom is -0.466 e. The summed E-state index contributed by atoms with van der Waals surface area (Å²) in [4.78, 5) is 10.9. The van der Waals surface area contributed by atoms with Crippen LogP contribution in [0.25, 0.3) is 0 Å². The molecule has 0 saturated carbocycles. The summed E-state index contributed by atoms with van der Waals surface area (Å²) in [5.41, 5.74) is 0. The SMILES string of the molecule is CCOC(=O)CCNS(=O)(=O)CCOC. The molecule has 0 aliphatic heterocycles. The smallest absolute Gasteiger partial charge is 0.307 e. The Morgan fingerprint density at radius 3 is 2.60 bits per heavy atom. The van der Waals surface area contributed by atoms with Gasteiger partial charge in [-0.25, -0.2) is 13.1 Å². The minimum atomic E-state index is -3.34. The van der Waals surface area contributed by atoms with Crippen LogP contribution in [0.3, 0.4) is 0 Å². The lowest BCUT2D eigenvalue weighted by Gasteiger charge is -2.05. The predicted octanol–water partition coefficient (Wildman–Crippen LogP) is -0.495. The molecule has 15 heavy (non-hydrogen) atoms. The maximum atomic E-state index is 11.2. The van der Waals surface area contributed by atoms with E-state index in [1.807, 2.05) is 0 Å². The third-order valence-electron chi connectivity index (χ3n) is 1.51. The van der Waals surface area contributed by atoms with Crippen LogP contribution in [0.5, 0.6) is 0 Å². The maximum absolute atomic E-state index is 11.2. The molecule has 1 N–H and O–H groups in total. The molecule has 0 aliphatic carbocycles. The van der Waals surface area contributed by atoms with Crippen molar-refractivity contribution in [1.29, 1.82) is 0 Å². The van der Waals surface area contributed by atoms with Crippen LogP contribution in [0.4, 0.5) is 0 Å². The van der Waals surface area contributed by atoms with Gasteiger partial charge in [0, 0.05) is 13.7 Å². The Bertz CT molecular complexity index is 275. The fraction of sp³-hybridized carbons (Fsp3) is 0.875.